The lowest BCUT2D eigenvalue weighted by Gasteiger charge is -2.39. The SMILES string of the molecule is NC1=NC2N3C(N)=N[C@H](O)[C@@]34C(Cl)[C@@H](CNC(=O)c3cc(Br)c(Br)[nH]3)[C@H](CNC(=O)c3cc(Br)c(Br)[nH]3)[C@H]4[C@@]2(O)N1. The fourth-order valence-corrected chi connectivity index (χ4v) is 8.69. The van der Waals surface area contributed by atoms with Gasteiger partial charge in [-0.05, 0) is 81.8 Å². The van der Waals surface area contributed by atoms with Gasteiger partial charge in [-0.1, -0.05) is 0 Å². The van der Waals surface area contributed by atoms with Crippen LogP contribution >= 0.6 is 75.3 Å². The molecular formula is C22H23Br4ClN10O4. The third kappa shape index (κ3) is 4.19. The Bertz CT molecular complexity index is 1480. The number of rotatable bonds is 6. The van der Waals surface area contributed by atoms with Crippen LogP contribution < -0.4 is 27.4 Å². The molecule has 2 fully saturated rings. The number of guanidine groups is 2. The Balaban J connectivity index is 1.35. The van der Waals surface area contributed by atoms with Crippen LogP contribution in [0.4, 0.5) is 0 Å². The lowest BCUT2D eigenvalue weighted by molar-refractivity contribution is -0.0560. The summed E-state index contributed by atoms with van der Waals surface area (Å²) in [4.78, 5) is 42.1. The Morgan fingerprint density at radius 1 is 1.00 bits per heavy atom. The molecule has 0 bridgehead atoms. The van der Waals surface area contributed by atoms with E-state index in [4.69, 9.17) is 23.1 Å². The highest BCUT2D eigenvalue weighted by atomic mass is 79.9. The molecule has 2 unspecified atom stereocenters. The summed E-state index contributed by atoms with van der Waals surface area (Å²) in [5.74, 6) is -2.97. The molecule has 5 heterocycles. The molecule has 1 saturated heterocycles. The molecule has 220 valence electrons. The predicted octanol–water partition coefficient (Wildman–Crippen LogP) is 0.656. The molecule has 41 heavy (non-hydrogen) atoms. The number of carbonyl (C=O) groups excluding carboxylic acids is 2. The van der Waals surface area contributed by atoms with Gasteiger partial charge in [-0.15, -0.1) is 11.6 Å². The van der Waals surface area contributed by atoms with Crippen molar-refractivity contribution in [3.8, 4) is 0 Å². The average Bonchev–Trinajstić information content (AvgIpc) is 3.67. The van der Waals surface area contributed by atoms with E-state index in [2.05, 4.69) is 99.6 Å². The van der Waals surface area contributed by atoms with E-state index in [1.807, 2.05) is 0 Å². The molecule has 11 N–H and O–H groups in total. The number of amides is 2. The smallest absolute Gasteiger partial charge is 0.267 e. The maximum atomic E-state index is 13.1. The summed E-state index contributed by atoms with van der Waals surface area (Å²) in [6.45, 7) is 0.0527. The quantitative estimate of drug-likeness (QED) is 0.188. The van der Waals surface area contributed by atoms with Gasteiger partial charge in [0.05, 0.1) is 23.5 Å². The number of hydrogen-bond acceptors (Lipinski definition) is 10. The van der Waals surface area contributed by atoms with Crippen LogP contribution in [0.25, 0.3) is 0 Å². The number of carbonyl (C=O) groups is 2. The van der Waals surface area contributed by atoms with Crippen molar-refractivity contribution in [1.82, 2.24) is 30.8 Å². The van der Waals surface area contributed by atoms with E-state index in [0.29, 0.717) is 23.8 Å². The zero-order valence-electron chi connectivity index (χ0n) is 20.6. The Morgan fingerprint density at radius 3 is 2.05 bits per heavy atom. The first-order chi connectivity index (χ1) is 19.3. The number of nitrogens with two attached hydrogens (primary N) is 2. The number of aromatic nitrogens is 2. The molecular weight excluding hydrogens is 823 g/mol. The van der Waals surface area contributed by atoms with Crippen LogP contribution in [0.5, 0.6) is 0 Å². The highest BCUT2D eigenvalue weighted by molar-refractivity contribution is 9.13. The molecule has 2 aromatic heterocycles. The van der Waals surface area contributed by atoms with Gasteiger partial charge >= 0.3 is 0 Å². The van der Waals surface area contributed by atoms with Crippen molar-refractivity contribution in [2.75, 3.05) is 13.1 Å². The highest BCUT2D eigenvalue weighted by Crippen LogP contribution is 2.63. The number of aromatic amines is 2. The number of nitrogens with one attached hydrogen (secondary N) is 5. The molecule has 2 amide bonds. The van der Waals surface area contributed by atoms with Crippen molar-refractivity contribution in [2.45, 2.75) is 29.0 Å². The molecule has 6 rings (SSSR count). The molecule has 1 spiro atoms. The zero-order chi connectivity index (χ0) is 29.6. The van der Waals surface area contributed by atoms with Gasteiger partial charge in [0.2, 0.25) is 0 Å². The highest BCUT2D eigenvalue weighted by Gasteiger charge is 2.82. The van der Waals surface area contributed by atoms with E-state index >= 15 is 0 Å². The standard InChI is InChI=1S/C22H23Br4ClN10O4/c23-7-1-9(32-13(7)25)15(38)30-3-5-6(4-31-16(39)10-2-8(24)14(26)33-10)12(27)21-11(5)22(41)17(34-19(28)36-22)37(21)20(29)35-18(21)40/h1-2,5-6,11-12,17-18,32-33,40-41H,3-4H2,(H2,29,35)(H,30,38)(H,31,39)(H3,28,34,36)/t5-,6-,11+,12?,17?,18+,21+,22-/m0/s1. The van der Waals surface area contributed by atoms with Crippen LogP contribution in [0.15, 0.2) is 40.3 Å². The normalized spacial score (nSPS) is 35.0. The predicted molar refractivity (Wildman–Crippen MR) is 163 cm³/mol. The van der Waals surface area contributed by atoms with E-state index < -0.39 is 58.6 Å². The lowest BCUT2D eigenvalue weighted by atomic mass is 9.77. The van der Waals surface area contributed by atoms with Crippen molar-refractivity contribution in [3.63, 3.8) is 0 Å². The van der Waals surface area contributed by atoms with Gasteiger partial charge in [0, 0.05) is 24.9 Å². The van der Waals surface area contributed by atoms with E-state index in [-0.39, 0.29) is 30.7 Å². The fraction of sp³-hybridized carbons (Fsp3) is 0.455. The largest absolute Gasteiger partial charge is 0.370 e. The van der Waals surface area contributed by atoms with E-state index in [1.54, 1.807) is 12.1 Å². The summed E-state index contributed by atoms with van der Waals surface area (Å²) in [7, 11) is 0. The summed E-state index contributed by atoms with van der Waals surface area (Å²) >= 11 is 20.6. The summed E-state index contributed by atoms with van der Waals surface area (Å²) in [5, 5.41) is 31.1. The van der Waals surface area contributed by atoms with Crippen LogP contribution in [0.2, 0.25) is 0 Å². The van der Waals surface area contributed by atoms with Crippen molar-refractivity contribution in [3.05, 3.63) is 41.7 Å². The molecule has 4 aliphatic rings. The van der Waals surface area contributed by atoms with Gasteiger partial charge in [-0.25, -0.2) is 9.98 Å². The van der Waals surface area contributed by atoms with Crippen LogP contribution in [0, 0.1) is 17.8 Å². The van der Waals surface area contributed by atoms with Gasteiger partial charge in [-0.3, -0.25) is 9.59 Å². The van der Waals surface area contributed by atoms with E-state index in [1.165, 1.54) is 4.90 Å². The summed E-state index contributed by atoms with van der Waals surface area (Å²) in [6.07, 6.45) is -2.44. The number of aliphatic hydroxyl groups is 2. The Kier molecular flexibility index (Phi) is 7.22. The first kappa shape index (κ1) is 29.3. The second-order valence-corrected chi connectivity index (χ2v) is 14.0. The number of H-pyrrole nitrogens is 2. The number of halogens is 5. The average molecular weight is 847 g/mol. The second kappa shape index (κ2) is 10.1. The van der Waals surface area contributed by atoms with Gasteiger partial charge in [0.15, 0.2) is 30.0 Å². The molecule has 1 saturated carbocycles. The number of hydrogen-bond donors (Lipinski definition) is 9. The first-order valence-electron chi connectivity index (χ1n) is 12.2. The second-order valence-electron chi connectivity index (χ2n) is 10.3. The minimum atomic E-state index is -1.80. The summed E-state index contributed by atoms with van der Waals surface area (Å²) in [5.41, 5.74) is 9.60. The molecule has 8 atom stereocenters. The third-order valence-corrected chi connectivity index (χ3v) is 12.5. The fourth-order valence-electron chi connectivity index (χ4n) is 6.75. The van der Waals surface area contributed by atoms with Crippen molar-refractivity contribution in [2.24, 2.45) is 39.2 Å². The monoisotopic (exact) mass is 842 g/mol. The minimum absolute atomic E-state index is 0.0138. The number of aliphatic imine (C=N–C) groups is 2. The Labute approximate surface area is 271 Å². The van der Waals surface area contributed by atoms with Crippen LogP contribution in [-0.4, -0.2) is 90.9 Å². The van der Waals surface area contributed by atoms with Crippen molar-refractivity contribution < 1.29 is 19.8 Å². The minimum Gasteiger partial charge on any atom is -0.370 e. The van der Waals surface area contributed by atoms with Gasteiger partial charge in [-0.2, -0.15) is 0 Å². The van der Waals surface area contributed by atoms with Gasteiger partial charge in [0.1, 0.15) is 16.9 Å². The zero-order valence-corrected chi connectivity index (χ0v) is 27.7. The number of fused-ring (bicyclic) bond motifs is 3. The van der Waals surface area contributed by atoms with Gasteiger partial charge in [0.25, 0.3) is 11.8 Å². The topological polar surface area (TPSA) is 222 Å². The number of aliphatic hydroxyl groups excluding tert-OH is 1. The molecule has 19 heteroatoms. The molecule has 0 radical (unpaired) electrons. The Morgan fingerprint density at radius 2 is 1.54 bits per heavy atom. The maximum absolute atomic E-state index is 13.1. The van der Waals surface area contributed by atoms with Gasteiger partial charge < -0.3 is 52.5 Å². The van der Waals surface area contributed by atoms with Crippen molar-refractivity contribution in [1.29, 1.82) is 0 Å². The van der Waals surface area contributed by atoms with Crippen LogP contribution in [0.1, 0.15) is 21.0 Å². The first-order valence-corrected chi connectivity index (χ1v) is 15.8. The van der Waals surface area contributed by atoms with E-state index in [0.717, 1.165) is 0 Å². The Hall–Kier alpha value is -1.83. The molecule has 14 nitrogen and oxygen atoms in total. The third-order valence-electron chi connectivity index (χ3n) is 8.26. The lowest BCUT2D eigenvalue weighted by Crippen LogP contribution is -2.61. The molecule has 3 aliphatic heterocycles. The van der Waals surface area contributed by atoms with E-state index in [9.17, 15) is 19.8 Å². The molecule has 0 aromatic carbocycles. The summed E-state index contributed by atoms with van der Waals surface area (Å²) in [6, 6.07) is 3.24. The maximum Gasteiger partial charge on any atom is 0.267 e. The number of alkyl halides is 1. The molecule has 1 aliphatic carbocycles. The number of nitrogens with zero attached hydrogens (tertiary/aromatic N) is 3. The molecule has 2 aromatic rings. The van der Waals surface area contributed by atoms with Crippen LogP contribution in [0.3, 0.4) is 0 Å². The van der Waals surface area contributed by atoms with Crippen LogP contribution in [-0.2, 0) is 0 Å². The van der Waals surface area contributed by atoms with Crippen molar-refractivity contribution >= 4 is 99.1 Å². The summed E-state index contributed by atoms with van der Waals surface area (Å²) < 4.78 is 2.54.